The largest absolute Gasteiger partial charge is 0.370 e. The van der Waals surface area contributed by atoms with Gasteiger partial charge in [-0.2, -0.15) is 5.10 Å². The smallest absolute Gasteiger partial charge is 0.242 e. The number of amides is 2. The van der Waals surface area contributed by atoms with Crippen molar-refractivity contribution in [2.45, 2.75) is 32.6 Å². The van der Waals surface area contributed by atoms with E-state index in [1.165, 1.54) is 11.3 Å². The van der Waals surface area contributed by atoms with Crippen molar-refractivity contribution >= 4 is 23.2 Å². The fourth-order valence-corrected chi connectivity index (χ4v) is 4.27. The highest BCUT2D eigenvalue weighted by Gasteiger charge is 2.31. The van der Waals surface area contributed by atoms with Crippen LogP contribution in [0.1, 0.15) is 21.8 Å². The summed E-state index contributed by atoms with van der Waals surface area (Å²) in [5.74, 6) is -0.231. The molecule has 4 rings (SSSR count). The third kappa shape index (κ3) is 5.77. The van der Waals surface area contributed by atoms with Gasteiger partial charge in [-0.1, -0.05) is 6.07 Å². The zero-order valence-corrected chi connectivity index (χ0v) is 19.0. The van der Waals surface area contributed by atoms with E-state index in [1.807, 2.05) is 37.7 Å². The highest BCUT2D eigenvalue weighted by atomic mass is 32.1. The molecule has 0 spiro atoms. The Balaban J connectivity index is 1.48. The first-order valence-electron chi connectivity index (χ1n) is 10.4. The van der Waals surface area contributed by atoms with Crippen LogP contribution in [-0.2, 0) is 40.9 Å². The maximum Gasteiger partial charge on any atom is 0.242 e. The van der Waals surface area contributed by atoms with Gasteiger partial charge in [0.15, 0.2) is 0 Å². The molecule has 10 heteroatoms. The molecule has 1 aliphatic heterocycles. The quantitative estimate of drug-likeness (QED) is 0.538. The molecule has 9 nitrogen and oxygen atoms in total. The van der Waals surface area contributed by atoms with E-state index in [2.05, 4.69) is 15.1 Å². The van der Waals surface area contributed by atoms with E-state index in [1.54, 1.807) is 33.1 Å². The van der Waals surface area contributed by atoms with Gasteiger partial charge >= 0.3 is 0 Å². The average molecular weight is 455 g/mol. The highest BCUT2D eigenvalue weighted by molar-refractivity contribution is 7.09. The number of ether oxygens (including phenoxy) is 1. The summed E-state index contributed by atoms with van der Waals surface area (Å²) in [4.78, 5) is 37.9. The predicted molar refractivity (Wildman–Crippen MR) is 119 cm³/mol. The number of thiazole rings is 1. The molecule has 1 aliphatic rings. The van der Waals surface area contributed by atoms with Crippen LogP contribution in [0.15, 0.2) is 42.3 Å². The molecule has 1 unspecified atom stereocenters. The fourth-order valence-electron chi connectivity index (χ4n) is 3.65. The lowest BCUT2D eigenvalue weighted by atomic mass is 10.2. The molecule has 3 aromatic heterocycles. The second-order valence-electron chi connectivity index (χ2n) is 7.90. The Labute approximate surface area is 190 Å². The van der Waals surface area contributed by atoms with Crippen LogP contribution < -0.4 is 0 Å². The number of nitrogens with zero attached hydrogens (tertiary/aromatic N) is 6. The van der Waals surface area contributed by atoms with E-state index in [0.717, 1.165) is 21.8 Å². The van der Waals surface area contributed by atoms with E-state index < -0.39 is 0 Å². The number of hydrogen-bond donors (Lipinski definition) is 0. The van der Waals surface area contributed by atoms with Crippen LogP contribution in [0.3, 0.4) is 0 Å². The van der Waals surface area contributed by atoms with Gasteiger partial charge in [0.1, 0.15) is 0 Å². The summed E-state index contributed by atoms with van der Waals surface area (Å²) in [5.41, 5.74) is 2.61. The average Bonchev–Trinajstić information content (AvgIpc) is 3.34. The molecule has 0 bridgehead atoms. The third-order valence-corrected chi connectivity index (χ3v) is 6.04. The van der Waals surface area contributed by atoms with Crippen LogP contribution in [-0.4, -0.2) is 67.1 Å². The minimum Gasteiger partial charge on any atom is -0.370 e. The zero-order chi connectivity index (χ0) is 22.5. The van der Waals surface area contributed by atoms with Gasteiger partial charge in [0, 0.05) is 56.2 Å². The molecule has 0 aromatic carbocycles. The molecule has 1 fully saturated rings. The van der Waals surface area contributed by atoms with Crippen molar-refractivity contribution in [2.24, 2.45) is 7.05 Å². The Morgan fingerprint density at radius 3 is 2.84 bits per heavy atom. The van der Waals surface area contributed by atoms with Gasteiger partial charge in [-0.15, -0.1) is 11.3 Å². The fraction of sp³-hybridized carbons (Fsp3) is 0.409. The lowest BCUT2D eigenvalue weighted by Crippen LogP contribution is -2.40. The molecule has 168 valence electrons. The maximum absolute atomic E-state index is 13.0. The number of aryl methyl sites for hydroxylation is 2. The molecule has 0 aliphatic carbocycles. The zero-order valence-electron chi connectivity index (χ0n) is 18.2. The Hall–Kier alpha value is -3.11. The number of aromatic nitrogens is 4. The van der Waals surface area contributed by atoms with Crippen molar-refractivity contribution in [2.75, 3.05) is 19.6 Å². The van der Waals surface area contributed by atoms with Gasteiger partial charge < -0.3 is 14.5 Å². The second kappa shape index (κ2) is 10.0. The molecule has 0 saturated carbocycles. The molecule has 3 aromatic rings. The van der Waals surface area contributed by atoms with Crippen LogP contribution >= 0.6 is 11.3 Å². The van der Waals surface area contributed by atoms with Crippen molar-refractivity contribution < 1.29 is 14.3 Å². The molecular weight excluding hydrogens is 428 g/mol. The van der Waals surface area contributed by atoms with E-state index in [-0.39, 0.29) is 30.9 Å². The van der Waals surface area contributed by atoms with Crippen molar-refractivity contribution in [1.82, 2.24) is 29.5 Å². The topological polar surface area (TPSA) is 93.5 Å². The van der Waals surface area contributed by atoms with Gasteiger partial charge in [0.2, 0.25) is 11.8 Å². The van der Waals surface area contributed by atoms with Gasteiger partial charge in [0.25, 0.3) is 0 Å². The number of carbonyl (C=O) groups excluding carboxylic acids is 2. The van der Waals surface area contributed by atoms with Crippen molar-refractivity contribution in [3.05, 3.63) is 64.1 Å². The van der Waals surface area contributed by atoms with E-state index >= 15 is 0 Å². The summed E-state index contributed by atoms with van der Waals surface area (Å²) >= 11 is 1.51. The van der Waals surface area contributed by atoms with Crippen LogP contribution in [0.25, 0.3) is 0 Å². The summed E-state index contributed by atoms with van der Waals surface area (Å²) in [6.45, 7) is 3.46. The normalized spacial score (nSPS) is 16.9. The van der Waals surface area contributed by atoms with E-state index in [9.17, 15) is 9.59 Å². The highest BCUT2D eigenvalue weighted by Crippen LogP contribution is 2.16. The lowest BCUT2D eigenvalue weighted by molar-refractivity contribution is -0.138. The van der Waals surface area contributed by atoms with Crippen LogP contribution in [0.4, 0.5) is 0 Å². The summed E-state index contributed by atoms with van der Waals surface area (Å²) < 4.78 is 7.85. The molecule has 1 saturated heterocycles. The third-order valence-electron chi connectivity index (χ3n) is 5.22. The Bertz CT molecular complexity index is 1070. The molecule has 0 radical (unpaired) electrons. The van der Waals surface area contributed by atoms with Crippen molar-refractivity contribution in [1.29, 1.82) is 0 Å². The first-order valence-corrected chi connectivity index (χ1v) is 11.3. The first-order chi connectivity index (χ1) is 15.5. The molecule has 2 amide bonds. The summed E-state index contributed by atoms with van der Waals surface area (Å²) in [6.07, 6.45) is 6.95. The summed E-state index contributed by atoms with van der Waals surface area (Å²) in [6, 6.07) is 3.80. The molecule has 4 heterocycles. The maximum atomic E-state index is 13.0. The van der Waals surface area contributed by atoms with Crippen molar-refractivity contribution in [3.63, 3.8) is 0 Å². The predicted octanol–water partition coefficient (Wildman–Crippen LogP) is 1.58. The number of hydrogen-bond acceptors (Lipinski definition) is 7. The van der Waals surface area contributed by atoms with Crippen LogP contribution in [0, 0.1) is 6.92 Å². The van der Waals surface area contributed by atoms with E-state index in [0.29, 0.717) is 26.2 Å². The molecular formula is C22H26N6O3S. The summed E-state index contributed by atoms with van der Waals surface area (Å²) in [5, 5.41) is 6.99. The second-order valence-corrected chi connectivity index (χ2v) is 8.96. The van der Waals surface area contributed by atoms with Crippen molar-refractivity contribution in [3.8, 4) is 0 Å². The molecule has 1 atom stereocenters. The van der Waals surface area contributed by atoms with Gasteiger partial charge in [-0.25, -0.2) is 4.98 Å². The molecule has 0 N–H and O–H groups in total. The van der Waals surface area contributed by atoms with Gasteiger partial charge in [-0.3, -0.25) is 19.3 Å². The van der Waals surface area contributed by atoms with E-state index in [4.69, 9.17) is 4.74 Å². The standard InChI is InChI=1S/C22H26N6O3S/c1-16-25-19(15-32-16)6-21(29)28-12-20(31-14-17-4-3-5-23-7-17)11-27(22(30)13-28)10-18-8-24-26(2)9-18/h3-5,7-9,15,20H,6,10-14H2,1-2H3. The number of carbonyl (C=O) groups is 2. The molecule has 32 heavy (non-hydrogen) atoms. The first kappa shape index (κ1) is 22.1. The monoisotopic (exact) mass is 454 g/mol. The van der Waals surface area contributed by atoms with Gasteiger partial charge in [0.05, 0.1) is 42.6 Å². The number of rotatable bonds is 7. The Morgan fingerprint density at radius 2 is 2.16 bits per heavy atom. The van der Waals surface area contributed by atoms with Crippen LogP contribution in [0.5, 0.6) is 0 Å². The minimum absolute atomic E-state index is 0.0228. The lowest BCUT2D eigenvalue weighted by Gasteiger charge is -2.24. The Kier molecular flexibility index (Phi) is 6.91. The number of pyridine rings is 1. The SMILES string of the molecule is Cc1nc(CC(=O)N2CC(=O)N(Cc3cnn(C)c3)CC(OCc3cccnc3)C2)cs1. The summed E-state index contributed by atoms with van der Waals surface area (Å²) in [7, 11) is 1.84. The minimum atomic E-state index is -0.320. The van der Waals surface area contributed by atoms with Gasteiger partial charge in [-0.05, 0) is 18.6 Å². The Morgan fingerprint density at radius 1 is 1.28 bits per heavy atom. The van der Waals surface area contributed by atoms with Crippen LogP contribution in [0.2, 0.25) is 0 Å².